The zero-order valence-electron chi connectivity index (χ0n) is 20.6. The van der Waals surface area contributed by atoms with Crippen LogP contribution in [-0.2, 0) is 29.0 Å². The maximum atomic E-state index is 14.6. The van der Waals surface area contributed by atoms with Crippen molar-refractivity contribution in [3.8, 4) is 0 Å². The van der Waals surface area contributed by atoms with Gasteiger partial charge >= 0.3 is 0 Å². The van der Waals surface area contributed by atoms with Gasteiger partial charge in [0.15, 0.2) is 0 Å². The number of nitrogens with one attached hydrogen (secondary N) is 1. The van der Waals surface area contributed by atoms with E-state index in [1.165, 1.54) is 12.1 Å². The van der Waals surface area contributed by atoms with Crippen molar-refractivity contribution in [2.24, 2.45) is 0 Å². The molecule has 0 aliphatic heterocycles. The maximum absolute atomic E-state index is 14.6. The van der Waals surface area contributed by atoms with Gasteiger partial charge in [0.1, 0.15) is 11.9 Å². The van der Waals surface area contributed by atoms with Crippen LogP contribution in [0.25, 0.3) is 0 Å². The minimum Gasteiger partial charge on any atom is -0.352 e. The van der Waals surface area contributed by atoms with E-state index in [0.29, 0.717) is 6.42 Å². The van der Waals surface area contributed by atoms with Crippen LogP contribution in [0.4, 0.5) is 4.39 Å². The topological polar surface area (TPSA) is 49.4 Å². The Morgan fingerprint density at radius 3 is 2.33 bits per heavy atom. The van der Waals surface area contributed by atoms with Crippen molar-refractivity contribution in [3.05, 3.63) is 106 Å². The number of halogens is 2. The van der Waals surface area contributed by atoms with E-state index in [0.717, 1.165) is 42.4 Å². The molecule has 1 aliphatic carbocycles. The van der Waals surface area contributed by atoms with Gasteiger partial charge in [0.05, 0.1) is 6.42 Å². The highest BCUT2D eigenvalue weighted by atomic mass is 35.5. The SMILES string of the molecule is Cc1ccc(CN(C(=O)Cc2c(F)cccc2Cl)[C@H](Cc2ccccc2)C(=O)NC2CCCC2)cc1. The predicted molar refractivity (Wildman–Crippen MR) is 141 cm³/mol. The monoisotopic (exact) mass is 506 g/mol. The lowest BCUT2D eigenvalue weighted by Gasteiger charge is -2.32. The van der Waals surface area contributed by atoms with Crippen molar-refractivity contribution in [2.45, 2.75) is 64.1 Å². The van der Waals surface area contributed by atoms with E-state index < -0.39 is 11.9 Å². The standard InChI is InChI=1S/C30H32ClFN2O2/c1-21-14-16-23(17-15-21)20-34(29(35)19-25-26(31)12-7-13-27(25)32)28(18-22-8-3-2-4-9-22)30(36)33-24-10-5-6-11-24/h2-4,7-9,12-17,24,28H,5-6,10-11,18-20H2,1H3,(H,33,36)/t28-/m1/s1. The van der Waals surface area contributed by atoms with Crippen molar-refractivity contribution < 1.29 is 14.0 Å². The molecule has 188 valence electrons. The predicted octanol–water partition coefficient (Wildman–Crippen LogP) is 6.03. The molecule has 1 fully saturated rings. The fourth-order valence-electron chi connectivity index (χ4n) is 4.77. The molecule has 0 saturated heterocycles. The van der Waals surface area contributed by atoms with E-state index in [9.17, 15) is 14.0 Å². The molecule has 0 radical (unpaired) electrons. The lowest BCUT2D eigenvalue weighted by molar-refractivity contribution is -0.141. The number of amides is 2. The molecule has 2 amide bonds. The molecule has 1 atom stereocenters. The fraction of sp³-hybridized carbons (Fsp3) is 0.333. The largest absolute Gasteiger partial charge is 0.352 e. The van der Waals surface area contributed by atoms with E-state index in [-0.39, 0.29) is 41.4 Å². The Morgan fingerprint density at radius 1 is 0.972 bits per heavy atom. The molecule has 36 heavy (non-hydrogen) atoms. The Kier molecular flexibility index (Phi) is 8.76. The second kappa shape index (κ2) is 12.2. The Labute approximate surface area is 217 Å². The quantitative estimate of drug-likeness (QED) is 0.385. The van der Waals surface area contributed by atoms with Gasteiger partial charge in [-0.1, -0.05) is 90.7 Å². The molecule has 1 aliphatic rings. The van der Waals surface area contributed by atoms with Crippen LogP contribution in [0, 0.1) is 12.7 Å². The molecule has 0 heterocycles. The summed E-state index contributed by atoms with van der Waals surface area (Å²) in [4.78, 5) is 29.0. The molecule has 4 nitrogen and oxygen atoms in total. The minimum atomic E-state index is -0.743. The van der Waals surface area contributed by atoms with E-state index >= 15 is 0 Å². The van der Waals surface area contributed by atoms with Gasteiger partial charge in [0.25, 0.3) is 0 Å². The van der Waals surface area contributed by atoms with Crippen LogP contribution >= 0.6 is 11.6 Å². The highest BCUT2D eigenvalue weighted by Crippen LogP contribution is 2.23. The summed E-state index contributed by atoms with van der Waals surface area (Å²) >= 11 is 6.25. The van der Waals surface area contributed by atoms with Gasteiger partial charge in [-0.3, -0.25) is 9.59 Å². The first-order chi connectivity index (χ1) is 17.4. The number of hydrogen-bond donors (Lipinski definition) is 1. The van der Waals surface area contributed by atoms with Gasteiger partial charge in [-0.2, -0.15) is 0 Å². The first-order valence-corrected chi connectivity index (χ1v) is 12.9. The third-order valence-electron chi connectivity index (χ3n) is 6.84. The maximum Gasteiger partial charge on any atom is 0.243 e. The van der Waals surface area contributed by atoms with Gasteiger partial charge in [0.2, 0.25) is 11.8 Å². The van der Waals surface area contributed by atoms with E-state index in [2.05, 4.69) is 5.32 Å². The molecule has 0 bridgehead atoms. The highest BCUT2D eigenvalue weighted by molar-refractivity contribution is 6.31. The molecule has 3 aromatic carbocycles. The smallest absolute Gasteiger partial charge is 0.243 e. The van der Waals surface area contributed by atoms with Crippen molar-refractivity contribution in [3.63, 3.8) is 0 Å². The molecule has 1 N–H and O–H groups in total. The first-order valence-electron chi connectivity index (χ1n) is 12.5. The molecule has 3 aromatic rings. The zero-order chi connectivity index (χ0) is 25.5. The first kappa shape index (κ1) is 25.9. The summed E-state index contributed by atoms with van der Waals surface area (Å²) in [6.07, 6.45) is 4.21. The Bertz CT molecular complexity index is 1160. The van der Waals surface area contributed by atoms with Crippen LogP contribution in [0.2, 0.25) is 5.02 Å². The van der Waals surface area contributed by atoms with Crippen molar-refractivity contribution in [2.75, 3.05) is 0 Å². The van der Waals surface area contributed by atoms with Crippen LogP contribution in [0.15, 0.2) is 72.8 Å². The van der Waals surface area contributed by atoms with E-state index in [4.69, 9.17) is 11.6 Å². The summed E-state index contributed by atoms with van der Waals surface area (Å²) in [7, 11) is 0. The van der Waals surface area contributed by atoms with Crippen molar-refractivity contribution in [1.29, 1.82) is 0 Å². The number of aryl methyl sites for hydroxylation is 1. The molecule has 0 spiro atoms. The van der Waals surface area contributed by atoms with Gasteiger partial charge in [0, 0.05) is 29.6 Å². The number of nitrogens with zero attached hydrogens (tertiary/aromatic N) is 1. The lowest BCUT2D eigenvalue weighted by Crippen LogP contribution is -2.52. The average Bonchev–Trinajstić information content (AvgIpc) is 3.38. The molecule has 4 rings (SSSR count). The number of carbonyl (C=O) groups is 2. The van der Waals surface area contributed by atoms with Gasteiger partial charge in [-0.05, 0) is 43.0 Å². The number of carbonyl (C=O) groups excluding carboxylic acids is 2. The van der Waals surface area contributed by atoms with Crippen LogP contribution in [0.3, 0.4) is 0 Å². The molecule has 1 saturated carbocycles. The minimum absolute atomic E-state index is 0.119. The van der Waals surface area contributed by atoms with E-state index in [1.807, 2.05) is 61.5 Å². The summed E-state index contributed by atoms with van der Waals surface area (Å²) in [5.41, 5.74) is 3.11. The third kappa shape index (κ3) is 6.73. The van der Waals surface area contributed by atoms with Crippen molar-refractivity contribution >= 4 is 23.4 Å². The normalized spacial score (nSPS) is 14.4. The highest BCUT2D eigenvalue weighted by Gasteiger charge is 2.32. The molecule has 0 aromatic heterocycles. The van der Waals surface area contributed by atoms with Crippen LogP contribution in [0.1, 0.15) is 47.9 Å². The molecule has 6 heteroatoms. The number of benzene rings is 3. The molecular weight excluding hydrogens is 475 g/mol. The average molecular weight is 507 g/mol. The summed E-state index contributed by atoms with van der Waals surface area (Å²) in [5.74, 6) is -1.04. The third-order valence-corrected chi connectivity index (χ3v) is 7.19. The van der Waals surface area contributed by atoms with Crippen molar-refractivity contribution in [1.82, 2.24) is 10.2 Å². The Balaban J connectivity index is 1.68. The summed E-state index contributed by atoms with van der Waals surface area (Å²) in [6, 6.07) is 21.3. The summed E-state index contributed by atoms with van der Waals surface area (Å²) < 4.78 is 14.6. The van der Waals surface area contributed by atoms with Crippen LogP contribution in [-0.4, -0.2) is 28.8 Å². The molecular formula is C30H32ClFN2O2. The number of hydrogen-bond acceptors (Lipinski definition) is 2. The second-order valence-electron chi connectivity index (χ2n) is 9.58. The molecule has 0 unspecified atom stereocenters. The van der Waals surface area contributed by atoms with Gasteiger partial charge in [-0.25, -0.2) is 4.39 Å². The summed E-state index contributed by atoms with van der Waals surface area (Å²) in [5, 5.41) is 3.39. The zero-order valence-corrected chi connectivity index (χ0v) is 21.3. The Morgan fingerprint density at radius 2 is 1.67 bits per heavy atom. The fourth-order valence-corrected chi connectivity index (χ4v) is 5.00. The van der Waals surface area contributed by atoms with E-state index in [1.54, 1.807) is 11.0 Å². The summed E-state index contributed by atoms with van der Waals surface area (Å²) in [6.45, 7) is 2.24. The lowest BCUT2D eigenvalue weighted by atomic mass is 10.0. The van der Waals surface area contributed by atoms with Crippen LogP contribution in [0.5, 0.6) is 0 Å². The van der Waals surface area contributed by atoms with Gasteiger partial charge in [-0.15, -0.1) is 0 Å². The van der Waals surface area contributed by atoms with Crippen LogP contribution < -0.4 is 5.32 Å². The number of rotatable bonds is 9. The van der Waals surface area contributed by atoms with Gasteiger partial charge < -0.3 is 10.2 Å². The Hall–Kier alpha value is -3.18. The second-order valence-corrected chi connectivity index (χ2v) is 9.99.